The first-order chi connectivity index (χ1) is 8.43. The molecule has 3 rings (SSSR count). The first kappa shape index (κ1) is 11.0. The van der Waals surface area contributed by atoms with Crippen LogP contribution in [0.1, 0.15) is 32.1 Å². The van der Waals surface area contributed by atoms with Gasteiger partial charge in [0.25, 0.3) is 0 Å². The molecular formula is C15H20N2. The Morgan fingerprint density at radius 3 is 2.76 bits per heavy atom. The number of rotatable bonds is 1. The molecule has 2 fully saturated rings. The molecule has 0 radical (unpaired) electrons. The van der Waals surface area contributed by atoms with Gasteiger partial charge in [-0.25, -0.2) is 0 Å². The van der Waals surface area contributed by atoms with Crippen molar-refractivity contribution in [3.8, 4) is 0 Å². The van der Waals surface area contributed by atoms with Crippen molar-refractivity contribution in [1.82, 2.24) is 5.32 Å². The summed E-state index contributed by atoms with van der Waals surface area (Å²) in [5.74, 6) is 0.692. The van der Waals surface area contributed by atoms with Crippen molar-refractivity contribution in [2.24, 2.45) is 10.9 Å². The maximum Gasteiger partial charge on any atom is 0.0629 e. The van der Waals surface area contributed by atoms with Crippen molar-refractivity contribution < 1.29 is 0 Å². The Balaban J connectivity index is 1.83. The molecule has 1 aliphatic heterocycles. The van der Waals surface area contributed by atoms with Crippen molar-refractivity contribution in [2.75, 3.05) is 6.54 Å². The van der Waals surface area contributed by atoms with Crippen LogP contribution in [0.25, 0.3) is 0 Å². The van der Waals surface area contributed by atoms with E-state index in [1.54, 1.807) is 0 Å². The fourth-order valence-corrected chi connectivity index (χ4v) is 3.15. The first-order valence-corrected chi connectivity index (χ1v) is 6.79. The zero-order valence-electron chi connectivity index (χ0n) is 10.2. The molecule has 90 valence electrons. The molecule has 0 spiro atoms. The van der Waals surface area contributed by atoms with Crippen molar-refractivity contribution >= 4 is 11.4 Å². The van der Waals surface area contributed by atoms with Crippen LogP contribution in [0.5, 0.6) is 0 Å². The molecular weight excluding hydrogens is 208 g/mol. The van der Waals surface area contributed by atoms with Gasteiger partial charge in [-0.3, -0.25) is 4.99 Å². The maximum absolute atomic E-state index is 4.88. The number of nitrogens with zero attached hydrogens (tertiary/aromatic N) is 1. The molecule has 1 heterocycles. The van der Waals surface area contributed by atoms with Gasteiger partial charge in [0.2, 0.25) is 0 Å². The maximum atomic E-state index is 4.88. The van der Waals surface area contributed by atoms with E-state index in [2.05, 4.69) is 35.6 Å². The fourth-order valence-electron chi connectivity index (χ4n) is 3.15. The predicted molar refractivity (Wildman–Crippen MR) is 71.9 cm³/mol. The number of nitrogens with one attached hydrogen (secondary N) is 1. The van der Waals surface area contributed by atoms with E-state index < -0.39 is 0 Å². The monoisotopic (exact) mass is 228 g/mol. The van der Waals surface area contributed by atoms with E-state index >= 15 is 0 Å². The number of aliphatic imine (C=N–C) groups is 1. The van der Waals surface area contributed by atoms with Gasteiger partial charge in [-0.1, -0.05) is 31.0 Å². The van der Waals surface area contributed by atoms with Gasteiger partial charge in [0.1, 0.15) is 0 Å². The molecule has 0 bridgehead atoms. The molecule has 2 aliphatic rings. The van der Waals surface area contributed by atoms with Gasteiger partial charge >= 0.3 is 0 Å². The second kappa shape index (κ2) is 5.01. The Bertz CT molecular complexity index is 395. The van der Waals surface area contributed by atoms with E-state index in [9.17, 15) is 0 Å². The lowest BCUT2D eigenvalue weighted by molar-refractivity contribution is 0.305. The van der Waals surface area contributed by atoms with Gasteiger partial charge in [0.15, 0.2) is 0 Å². The van der Waals surface area contributed by atoms with Crippen LogP contribution in [-0.2, 0) is 0 Å². The van der Waals surface area contributed by atoms with Crippen molar-refractivity contribution in [3.63, 3.8) is 0 Å². The number of benzene rings is 1. The zero-order valence-corrected chi connectivity index (χ0v) is 10.2. The third-order valence-corrected chi connectivity index (χ3v) is 4.01. The summed E-state index contributed by atoms with van der Waals surface area (Å²) in [6.07, 6.45) is 6.53. The molecule has 17 heavy (non-hydrogen) atoms. The molecule has 1 aromatic carbocycles. The van der Waals surface area contributed by atoms with Crippen molar-refractivity contribution in [1.29, 1.82) is 0 Å². The Morgan fingerprint density at radius 2 is 1.88 bits per heavy atom. The Hall–Kier alpha value is -1.15. The lowest BCUT2D eigenvalue weighted by Gasteiger charge is -2.37. The van der Waals surface area contributed by atoms with Crippen LogP contribution in [0.15, 0.2) is 35.3 Å². The molecule has 2 nitrogen and oxygen atoms in total. The highest BCUT2D eigenvalue weighted by Crippen LogP contribution is 2.30. The van der Waals surface area contributed by atoms with Gasteiger partial charge in [-0.15, -0.1) is 0 Å². The lowest BCUT2D eigenvalue weighted by Crippen LogP contribution is -2.47. The number of para-hydroxylation sites is 1. The van der Waals surface area contributed by atoms with Gasteiger partial charge in [-0.2, -0.15) is 0 Å². The van der Waals surface area contributed by atoms with E-state index in [0.29, 0.717) is 12.0 Å². The van der Waals surface area contributed by atoms with Gasteiger partial charge in [0, 0.05) is 24.2 Å². The highest BCUT2D eigenvalue weighted by molar-refractivity contribution is 5.90. The molecule has 1 aliphatic carbocycles. The van der Waals surface area contributed by atoms with Crippen molar-refractivity contribution in [3.05, 3.63) is 30.3 Å². The largest absolute Gasteiger partial charge is 0.313 e. The molecule has 1 aromatic rings. The molecule has 0 amide bonds. The number of hydrogen-bond acceptors (Lipinski definition) is 2. The van der Waals surface area contributed by atoms with Gasteiger partial charge in [0.05, 0.1) is 5.69 Å². The average Bonchev–Trinajstić information content (AvgIpc) is 2.40. The zero-order chi connectivity index (χ0) is 11.5. The van der Waals surface area contributed by atoms with Crippen LogP contribution >= 0.6 is 0 Å². The summed E-state index contributed by atoms with van der Waals surface area (Å²) in [6.45, 7) is 1.10. The summed E-state index contributed by atoms with van der Waals surface area (Å²) in [7, 11) is 0. The van der Waals surface area contributed by atoms with Gasteiger partial charge in [-0.05, 0) is 31.4 Å². The third kappa shape index (κ3) is 2.42. The fraction of sp³-hybridized carbons (Fsp3) is 0.533. The standard InChI is InChI=1S/C15H20N2/c1-2-6-12(7-3-1)17-15-10-11-16-14-9-5-4-8-13(14)15/h1-3,6-7,13-14,16H,4-5,8-11H2/t13-,14-/m0/s1. The number of hydrogen-bond donors (Lipinski definition) is 1. The summed E-state index contributed by atoms with van der Waals surface area (Å²) >= 11 is 0. The predicted octanol–water partition coefficient (Wildman–Crippen LogP) is 3.31. The Morgan fingerprint density at radius 1 is 1.06 bits per heavy atom. The van der Waals surface area contributed by atoms with E-state index in [4.69, 9.17) is 4.99 Å². The summed E-state index contributed by atoms with van der Waals surface area (Å²) in [4.78, 5) is 4.88. The highest BCUT2D eigenvalue weighted by atomic mass is 15.0. The minimum absolute atomic E-state index is 0.692. The summed E-state index contributed by atoms with van der Waals surface area (Å²) in [6, 6.07) is 11.1. The summed E-state index contributed by atoms with van der Waals surface area (Å²) in [5, 5.41) is 3.66. The first-order valence-electron chi connectivity index (χ1n) is 6.79. The van der Waals surface area contributed by atoms with E-state index in [0.717, 1.165) is 18.7 Å². The van der Waals surface area contributed by atoms with E-state index in [-0.39, 0.29) is 0 Å². The molecule has 0 unspecified atom stereocenters. The summed E-state index contributed by atoms with van der Waals surface area (Å²) < 4.78 is 0. The SMILES string of the molecule is c1ccc(N=C2CCN[C@H]3CCCC[C@H]23)cc1. The molecule has 2 atom stereocenters. The van der Waals surface area contributed by atoms with Crippen LogP contribution in [0.4, 0.5) is 5.69 Å². The van der Waals surface area contributed by atoms with Crippen LogP contribution in [0.3, 0.4) is 0 Å². The van der Waals surface area contributed by atoms with Gasteiger partial charge < -0.3 is 5.32 Å². The molecule has 1 N–H and O–H groups in total. The van der Waals surface area contributed by atoms with Crippen LogP contribution in [0, 0.1) is 5.92 Å². The lowest BCUT2D eigenvalue weighted by atomic mass is 9.78. The minimum Gasteiger partial charge on any atom is -0.313 e. The normalized spacial score (nSPS) is 31.2. The Kier molecular flexibility index (Phi) is 3.23. The Labute approximate surface area is 103 Å². The molecule has 1 saturated carbocycles. The smallest absolute Gasteiger partial charge is 0.0629 e. The number of fused-ring (bicyclic) bond motifs is 1. The molecule has 2 heteroatoms. The average molecular weight is 228 g/mol. The molecule has 1 saturated heterocycles. The van der Waals surface area contributed by atoms with E-state index in [1.807, 2.05) is 0 Å². The summed E-state index contributed by atoms with van der Waals surface area (Å²) in [5.41, 5.74) is 2.55. The minimum atomic E-state index is 0.692. The second-order valence-electron chi connectivity index (χ2n) is 5.14. The number of piperidine rings is 1. The topological polar surface area (TPSA) is 24.4 Å². The van der Waals surface area contributed by atoms with Crippen LogP contribution in [-0.4, -0.2) is 18.3 Å². The van der Waals surface area contributed by atoms with Crippen LogP contribution in [0.2, 0.25) is 0 Å². The quantitative estimate of drug-likeness (QED) is 0.783. The van der Waals surface area contributed by atoms with Crippen molar-refractivity contribution in [2.45, 2.75) is 38.1 Å². The second-order valence-corrected chi connectivity index (χ2v) is 5.14. The van der Waals surface area contributed by atoms with E-state index in [1.165, 1.54) is 31.4 Å². The highest BCUT2D eigenvalue weighted by Gasteiger charge is 2.31. The van der Waals surface area contributed by atoms with Crippen LogP contribution < -0.4 is 5.32 Å². The third-order valence-electron chi connectivity index (χ3n) is 4.01. The molecule has 0 aromatic heterocycles.